The maximum absolute atomic E-state index is 10.7. The lowest BCUT2D eigenvalue weighted by Gasteiger charge is -2.22. The molecule has 3 N–H and O–H groups in total. The van der Waals surface area contributed by atoms with Crippen LogP contribution in [0, 0.1) is 5.41 Å². The second-order valence-electron chi connectivity index (χ2n) is 5.60. The fourth-order valence-electron chi connectivity index (χ4n) is 2.38. The Balaban J connectivity index is 3.53. The number of unbranched alkanes of at least 4 members (excludes halogenated alkanes) is 9. The van der Waals surface area contributed by atoms with Crippen LogP contribution in [0.25, 0.3) is 0 Å². The van der Waals surface area contributed by atoms with E-state index >= 15 is 0 Å². The van der Waals surface area contributed by atoms with Crippen molar-refractivity contribution in [3.8, 4) is 0 Å². The van der Waals surface area contributed by atoms with E-state index in [1.165, 1.54) is 51.4 Å². The minimum Gasteiger partial charge on any atom is -0.480 e. The molecule has 0 aliphatic carbocycles. The van der Waals surface area contributed by atoms with Gasteiger partial charge >= 0.3 is 5.97 Å². The summed E-state index contributed by atoms with van der Waals surface area (Å²) >= 11 is 0. The predicted octanol–water partition coefficient (Wildman–Crippen LogP) is 3.45. The molecule has 0 amide bonds. The predicted molar refractivity (Wildman–Crippen MR) is 87.8 cm³/mol. The molecule has 0 saturated heterocycles. The molecule has 5 heteroatoms. The maximum Gasteiger partial charge on any atom is 0.323 e. The summed E-state index contributed by atoms with van der Waals surface area (Å²) in [6.07, 6.45) is 12.6. The zero-order valence-electron chi connectivity index (χ0n) is 13.8. The molecule has 0 aromatic carbocycles. The molecule has 0 rings (SSSR count). The minimum atomic E-state index is -0.887. The van der Waals surface area contributed by atoms with Crippen LogP contribution in [0.5, 0.6) is 0 Å². The monoisotopic (exact) mass is 299 g/mol. The quantitative estimate of drug-likeness (QED) is 0.276. The van der Waals surface area contributed by atoms with Crippen molar-refractivity contribution >= 4 is 11.9 Å². The standard InChI is InChI=1S/C16H33N3O2/c1-3-4-5-6-7-8-9-10-11-12-13-19(14-15(20)21)16(17)18-2/h3-14H2,1-2H3,(H2,17,18)(H,20,21). The fraction of sp³-hybridized carbons (Fsp3) is 0.875. The first-order valence-electron chi connectivity index (χ1n) is 8.34. The van der Waals surface area contributed by atoms with Crippen molar-refractivity contribution in [2.24, 2.45) is 0 Å². The van der Waals surface area contributed by atoms with Crippen molar-refractivity contribution in [1.82, 2.24) is 10.2 Å². The normalized spacial score (nSPS) is 10.4. The van der Waals surface area contributed by atoms with Gasteiger partial charge < -0.3 is 15.3 Å². The van der Waals surface area contributed by atoms with Crippen LogP contribution in [-0.2, 0) is 4.79 Å². The molecule has 0 unspecified atom stereocenters. The third-order valence-corrected chi connectivity index (χ3v) is 3.66. The molecular formula is C16H33N3O2. The Labute approximate surface area is 129 Å². The van der Waals surface area contributed by atoms with Crippen LogP contribution < -0.4 is 5.32 Å². The summed E-state index contributed by atoms with van der Waals surface area (Å²) in [6, 6.07) is 0. The number of carbonyl (C=O) groups is 1. The van der Waals surface area contributed by atoms with E-state index in [0.29, 0.717) is 6.54 Å². The molecule has 124 valence electrons. The number of hydrogen-bond acceptors (Lipinski definition) is 2. The lowest BCUT2D eigenvalue weighted by atomic mass is 10.1. The minimum absolute atomic E-state index is 0.100. The van der Waals surface area contributed by atoms with E-state index in [-0.39, 0.29) is 12.5 Å². The smallest absolute Gasteiger partial charge is 0.323 e. The first kappa shape index (κ1) is 19.7. The molecule has 0 fully saturated rings. The van der Waals surface area contributed by atoms with Gasteiger partial charge in [0.2, 0.25) is 0 Å². The lowest BCUT2D eigenvalue weighted by Crippen LogP contribution is -2.42. The van der Waals surface area contributed by atoms with Gasteiger partial charge in [0.25, 0.3) is 0 Å². The summed E-state index contributed by atoms with van der Waals surface area (Å²) in [6.45, 7) is 2.78. The molecule has 0 radical (unpaired) electrons. The van der Waals surface area contributed by atoms with E-state index in [9.17, 15) is 4.79 Å². The Bertz CT molecular complexity index is 283. The molecule has 5 nitrogen and oxygen atoms in total. The maximum atomic E-state index is 10.7. The molecule has 0 saturated carbocycles. The molecule has 0 aliphatic heterocycles. The van der Waals surface area contributed by atoms with Gasteiger partial charge in [0.05, 0.1) is 0 Å². The number of nitrogens with zero attached hydrogens (tertiary/aromatic N) is 1. The van der Waals surface area contributed by atoms with Gasteiger partial charge in [-0.2, -0.15) is 0 Å². The van der Waals surface area contributed by atoms with Crippen molar-refractivity contribution in [1.29, 1.82) is 5.41 Å². The highest BCUT2D eigenvalue weighted by Gasteiger charge is 2.11. The molecule has 0 heterocycles. The van der Waals surface area contributed by atoms with Crippen LogP contribution in [0.15, 0.2) is 0 Å². The number of aliphatic carboxylic acids is 1. The van der Waals surface area contributed by atoms with Crippen molar-refractivity contribution in [3.63, 3.8) is 0 Å². The summed E-state index contributed by atoms with van der Waals surface area (Å²) in [5.41, 5.74) is 0. The highest BCUT2D eigenvalue weighted by molar-refractivity contribution is 5.81. The first-order chi connectivity index (χ1) is 10.1. The average Bonchev–Trinajstić information content (AvgIpc) is 2.46. The second-order valence-corrected chi connectivity index (χ2v) is 5.60. The Morgan fingerprint density at radius 2 is 1.48 bits per heavy atom. The van der Waals surface area contributed by atoms with Gasteiger partial charge in [-0.25, -0.2) is 0 Å². The van der Waals surface area contributed by atoms with Gasteiger partial charge in [-0.3, -0.25) is 10.2 Å². The first-order valence-corrected chi connectivity index (χ1v) is 8.34. The Morgan fingerprint density at radius 1 is 1.00 bits per heavy atom. The highest BCUT2D eigenvalue weighted by Crippen LogP contribution is 2.10. The van der Waals surface area contributed by atoms with E-state index in [2.05, 4.69) is 12.2 Å². The molecule has 0 atom stereocenters. The molecule has 0 aromatic rings. The summed E-state index contributed by atoms with van der Waals surface area (Å²) in [5.74, 6) is -0.699. The number of carboxylic acid groups (broad SMARTS) is 1. The van der Waals surface area contributed by atoms with Crippen molar-refractivity contribution in [3.05, 3.63) is 0 Å². The largest absolute Gasteiger partial charge is 0.480 e. The van der Waals surface area contributed by atoms with E-state index in [4.69, 9.17) is 10.5 Å². The Morgan fingerprint density at radius 3 is 1.90 bits per heavy atom. The summed E-state index contributed by atoms with van der Waals surface area (Å²) in [4.78, 5) is 12.3. The summed E-state index contributed by atoms with van der Waals surface area (Å²) in [5, 5.41) is 19.2. The topological polar surface area (TPSA) is 76.4 Å². The number of hydrogen-bond donors (Lipinski definition) is 3. The van der Waals surface area contributed by atoms with Gasteiger partial charge in [0, 0.05) is 13.6 Å². The van der Waals surface area contributed by atoms with Gasteiger partial charge in [-0.15, -0.1) is 0 Å². The molecule has 0 bridgehead atoms. The van der Waals surface area contributed by atoms with Crippen LogP contribution in [-0.4, -0.2) is 42.1 Å². The highest BCUT2D eigenvalue weighted by atomic mass is 16.4. The molecule has 0 spiro atoms. The van der Waals surface area contributed by atoms with E-state index in [1.54, 1.807) is 11.9 Å². The van der Waals surface area contributed by atoms with Crippen LogP contribution in [0.2, 0.25) is 0 Å². The Kier molecular flexibility index (Phi) is 12.9. The van der Waals surface area contributed by atoms with Crippen molar-refractivity contribution in [2.45, 2.75) is 71.1 Å². The van der Waals surface area contributed by atoms with Crippen molar-refractivity contribution in [2.75, 3.05) is 20.1 Å². The lowest BCUT2D eigenvalue weighted by molar-refractivity contribution is -0.137. The van der Waals surface area contributed by atoms with Crippen LogP contribution in [0.3, 0.4) is 0 Å². The second kappa shape index (κ2) is 13.7. The third kappa shape index (κ3) is 12.2. The molecule has 0 aliphatic rings. The Hall–Kier alpha value is -1.26. The number of carboxylic acids is 1. The van der Waals surface area contributed by atoms with Crippen molar-refractivity contribution < 1.29 is 9.90 Å². The van der Waals surface area contributed by atoms with Crippen LogP contribution in [0.1, 0.15) is 71.1 Å². The molecular weight excluding hydrogens is 266 g/mol. The van der Waals surface area contributed by atoms with Crippen LogP contribution >= 0.6 is 0 Å². The SMILES string of the molecule is CCCCCCCCCCCCN(CC(=O)O)C(=N)NC. The summed E-state index contributed by atoms with van der Waals surface area (Å²) in [7, 11) is 1.65. The van der Waals surface area contributed by atoms with E-state index < -0.39 is 5.97 Å². The number of rotatable bonds is 13. The third-order valence-electron chi connectivity index (χ3n) is 3.66. The zero-order valence-corrected chi connectivity index (χ0v) is 13.8. The average molecular weight is 299 g/mol. The molecule has 21 heavy (non-hydrogen) atoms. The van der Waals surface area contributed by atoms with Gasteiger partial charge in [0.1, 0.15) is 6.54 Å². The zero-order chi connectivity index (χ0) is 15.9. The fourth-order valence-corrected chi connectivity index (χ4v) is 2.38. The van der Waals surface area contributed by atoms with E-state index in [0.717, 1.165) is 12.8 Å². The van der Waals surface area contributed by atoms with Gasteiger partial charge in [-0.05, 0) is 6.42 Å². The summed E-state index contributed by atoms with van der Waals surface area (Å²) < 4.78 is 0. The number of guanidine groups is 1. The van der Waals surface area contributed by atoms with Crippen LogP contribution in [0.4, 0.5) is 0 Å². The number of nitrogens with one attached hydrogen (secondary N) is 2. The van der Waals surface area contributed by atoms with Gasteiger partial charge in [0.15, 0.2) is 5.96 Å². The molecule has 0 aromatic heterocycles. The van der Waals surface area contributed by atoms with E-state index in [1.807, 2.05) is 0 Å². The van der Waals surface area contributed by atoms with Gasteiger partial charge in [-0.1, -0.05) is 64.7 Å².